The Morgan fingerprint density at radius 2 is 1.96 bits per heavy atom. The fourth-order valence-corrected chi connectivity index (χ4v) is 4.08. The number of amides is 1. The fraction of sp³-hybridized carbons (Fsp3) is 0.550. The second-order valence-corrected chi connectivity index (χ2v) is 8.32. The number of thioether (sulfide) groups is 1. The number of aliphatic hydroxyl groups excluding tert-OH is 1. The van der Waals surface area contributed by atoms with E-state index in [4.69, 9.17) is 0 Å². The lowest BCUT2D eigenvalue weighted by Crippen LogP contribution is -2.43. The number of hydrogen-bond acceptors (Lipinski definition) is 7. The first-order valence-corrected chi connectivity index (χ1v) is 10.4. The van der Waals surface area contributed by atoms with Gasteiger partial charge < -0.3 is 20.2 Å². The summed E-state index contributed by atoms with van der Waals surface area (Å²) in [6, 6.07) is 3.64. The second-order valence-electron chi connectivity index (χ2n) is 7.06. The van der Waals surface area contributed by atoms with Crippen molar-refractivity contribution < 1.29 is 29.7 Å². The highest BCUT2D eigenvalue weighted by molar-refractivity contribution is 8.13. The van der Waals surface area contributed by atoms with Crippen LogP contribution in [0, 0.1) is 5.92 Å². The van der Waals surface area contributed by atoms with Crippen LogP contribution in [0.15, 0.2) is 18.2 Å². The van der Waals surface area contributed by atoms with Gasteiger partial charge in [0.25, 0.3) is 0 Å². The van der Waals surface area contributed by atoms with Crippen molar-refractivity contribution >= 4 is 28.6 Å². The van der Waals surface area contributed by atoms with E-state index < -0.39 is 23.8 Å². The maximum absolute atomic E-state index is 12.7. The zero-order chi connectivity index (χ0) is 20.8. The molecule has 8 heteroatoms. The Morgan fingerprint density at radius 1 is 1.25 bits per heavy atom. The zero-order valence-corrected chi connectivity index (χ0v) is 16.9. The first-order chi connectivity index (χ1) is 13.2. The molecule has 0 aromatic heterocycles. The second kappa shape index (κ2) is 9.93. The van der Waals surface area contributed by atoms with E-state index in [2.05, 4.69) is 0 Å². The number of likely N-dealkylation sites (tertiary alicyclic amines) is 1. The molecule has 1 saturated heterocycles. The minimum atomic E-state index is -1.31. The van der Waals surface area contributed by atoms with Crippen molar-refractivity contribution in [2.24, 2.45) is 5.92 Å². The molecule has 28 heavy (non-hydrogen) atoms. The summed E-state index contributed by atoms with van der Waals surface area (Å²) in [6.45, 7) is 4.03. The van der Waals surface area contributed by atoms with Gasteiger partial charge in [0, 0.05) is 25.3 Å². The molecule has 3 N–H and O–H groups in total. The van der Waals surface area contributed by atoms with Gasteiger partial charge in [0.05, 0.1) is 0 Å². The van der Waals surface area contributed by atoms with Crippen molar-refractivity contribution in [3.8, 4) is 11.5 Å². The molecule has 7 nitrogen and oxygen atoms in total. The van der Waals surface area contributed by atoms with Gasteiger partial charge in [-0.2, -0.15) is 0 Å². The smallest absolute Gasteiger partial charge is 0.226 e. The molecule has 1 aromatic rings. The lowest BCUT2D eigenvalue weighted by atomic mass is 9.96. The first kappa shape index (κ1) is 22.2. The Kier molecular flexibility index (Phi) is 7.88. The number of nitrogens with zero attached hydrogens (tertiary/aromatic N) is 1. The average Bonchev–Trinajstić information content (AvgIpc) is 3.14. The van der Waals surface area contributed by atoms with E-state index in [9.17, 15) is 29.7 Å². The van der Waals surface area contributed by atoms with Gasteiger partial charge in [0.2, 0.25) is 11.0 Å². The van der Waals surface area contributed by atoms with E-state index >= 15 is 0 Å². The quantitative estimate of drug-likeness (QED) is 0.561. The highest BCUT2D eigenvalue weighted by Gasteiger charge is 2.36. The van der Waals surface area contributed by atoms with E-state index in [1.165, 1.54) is 30.0 Å². The van der Waals surface area contributed by atoms with E-state index in [0.29, 0.717) is 24.3 Å². The van der Waals surface area contributed by atoms with Crippen LogP contribution in [0.5, 0.6) is 11.5 Å². The van der Waals surface area contributed by atoms with Crippen LogP contribution in [-0.4, -0.2) is 61.5 Å². The van der Waals surface area contributed by atoms with Crippen molar-refractivity contribution in [3.05, 3.63) is 23.8 Å². The van der Waals surface area contributed by atoms with E-state index in [1.54, 1.807) is 11.8 Å². The number of aromatic hydroxyl groups is 2. The highest BCUT2D eigenvalue weighted by Crippen LogP contribution is 2.27. The molecule has 0 saturated carbocycles. The maximum Gasteiger partial charge on any atom is 0.226 e. The standard InChI is InChI=1S/C20H27NO6S/c1-3-28-20(27)14-5-4-8-21(14)19(26)12(2)9-16(23)18(25)11-13-6-7-15(22)17(24)10-13/h6-7,10,12,14,18,22,24-25H,3-5,8-9,11H2,1-2H3/t12-,14+,18-/m1/s1. The molecule has 2 rings (SSSR count). The summed E-state index contributed by atoms with van der Waals surface area (Å²) >= 11 is 1.21. The summed E-state index contributed by atoms with van der Waals surface area (Å²) in [7, 11) is 0. The normalized spacial score (nSPS) is 18.7. The third-order valence-corrected chi connectivity index (χ3v) is 5.71. The average molecular weight is 410 g/mol. The summed E-state index contributed by atoms with van der Waals surface area (Å²) in [5.41, 5.74) is 0.497. The Labute approximate surface area is 168 Å². The van der Waals surface area contributed by atoms with E-state index in [1.807, 2.05) is 6.92 Å². The molecule has 0 bridgehead atoms. The number of hydrogen-bond donors (Lipinski definition) is 3. The molecule has 1 aliphatic rings. The predicted octanol–water partition coefficient (Wildman–Crippen LogP) is 1.87. The van der Waals surface area contributed by atoms with Crippen LogP contribution in [-0.2, 0) is 20.8 Å². The van der Waals surface area contributed by atoms with E-state index in [0.717, 1.165) is 6.42 Å². The van der Waals surface area contributed by atoms with Gasteiger partial charge in [-0.25, -0.2) is 0 Å². The number of phenols is 2. The van der Waals surface area contributed by atoms with Crippen molar-refractivity contribution in [1.82, 2.24) is 4.90 Å². The number of carbonyl (C=O) groups is 3. The van der Waals surface area contributed by atoms with Gasteiger partial charge in [-0.05, 0) is 36.3 Å². The van der Waals surface area contributed by atoms with Crippen LogP contribution in [0.4, 0.5) is 0 Å². The number of benzene rings is 1. The van der Waals surface area contributed by atoms with Crippen LogP contribution in [0.2, 0.25) is 0 Å². The highest BCUT2D eigenvalue weighted by atomic mass is 32.2. The van der Waals surface area contributed by atoms with Crippen molar-refractivity contribution in [2.45, 2.75) is 51.7 Å². The van der Waals surface area contributed by atoms with Gasteiger partial charge in [-0.3, -0.25) is 14.4 Å². The molecule has 1 amide bonds. The Balaban J connectivity index is 1.93. The minimum Gasteiger partial charge on any atom is -0.504 e. The van der Waals surface area contributed by atoms with Crippen molar-refractivity contribution in [1.29, 1.82) is 0 Å². The first-order valence-electron chi connectivity index (χ1n) is 9.43. The Hall–Kier alpha value is -2.06. The molecule has 1 aliphatic heterocycles. The number of carbonyl (C=O) groups excluding carboxylic acids is 3. The molecule has 1 heterocycles. The molecular formula is C20H27NO6S. The number of ketones is 1. The van der Waals surface area contributed by atoms with Crippen LogP contribution in [0.25, 0.3) is 0 Å². The van der Waals surface area contributed by atoms with Crippen molar-refractivity contribution in [3.63, 3.8) is 0 Å². The maximum atomic E-state index is 12.7. The van der Waals surface area contributed by atoms with Gasteiger partial charge in [-0.15, -0.1) is 0 Å². The summed E-state index contributed by atoms with van der Waals surface area (Å²) in [4.78, 5) is 38.8. The van der Waals surface area contributed by atoms with Crippen LogP contribution in [0.1, 0.15) is 38.7 Å². The van der Waals surface area contributed by atoms with Crippen LogP contribution >= 0.6 is 11.8 Å². The number of aliphatic hydroxyl groups is 1. The summed E-state index contributed by atoms with van der Waals surface area (Å²) in [6.07, 6.45) is -0.0509. The lowest BCUT2D eigenvalue weighted by molar-refractivity contribution is -0.141. The fourth-order valence-electron chi connectivity index (χ4n) is 3.36. The Bertz CT molecular complexity index is 737. The minimum absolute atomic E-state index is 0.0148. The molecule has 0 spiro atoms. The predicted molar refractivity (Wildman–Crippen MR) is 106 cm³/mol. The third kappa shape index (κ3) is 5.48. The lowest BCUT2D eigenvalue weighted by Gasteiger charge is -2.26. The number of phenolic OH excluding ortho intramolecular Hbond substituents is 2. The van der Waals surface area contributed by atoms with Gasteiger partial charge >= 0.3 is 0 Å². The van der Waals surface area contributed by atoms with Crippen LogP contribution < -0.4 is 0 Å². The number of Topliss-reactive ketones (excluding diaryl/α,β-unsaturated/α-hetero) is 1. The van der Waals surface area contributed by atoms with Gasteiger partial charge in [0.15, 0.2) is 17.3 Å². The summed E-state index contributed by atoms with van der Waals surface area (Å²) in [5, 5.41) is 29.0. The molecule has 0 unspecified atom stereocenters. The van der Waals surface area contributed by atoms with Crippen molar-refractivity contribution in [2.75, 3.05) is 12.3 Å². The third-order valence-electron chi connectivity index (χ3n) is 4.86. The molecule has 154 valence electrons. The topological polar surface area (TPSA) is 115 Å². The summed E-state index contributed by atoms with van der Waals surface area (Å²) in [5.74, 6) is -1.29. The molecular weight excluding hydrogens is 382 g/mol. The van der Waals surface area contributed by atoms with Crippen LogP contribution in [0.3, 0.4) is 0 Å². The zero-order valence-electron chi connectivity index (χ0n) is 16.1. The summed E-state index contributed by atoms with van der Waals surface area (Å²) < 4.78 is 0. The van der Waals surface area contributed by atoms with Gasteiger partial charge in [0.1, 0.15) is 12.1 Å². The molecule has 3 atom stereocenters. The molecule has 1 fully saturated rings. The number of rotatable bonds is 8. The molecule has 0 radical (unpaired) electrons. The largest absolute Gasteiger partial charge is 0.504 e. The molecule has 0 aliphatic carbocycles. The van der Waals surface area contributed by atoms with E-state index in [-0.39, 0.29) is 35.4 Å². The monoisotopic (exact) mass is 409 g/mol. The van der Waals surface area contributed by atoms with Gasteiger partial charge in [-0.1, -0.05) is 31.7 Å². The SMILES string of the molecule is CCSC(=O)[C@@H]1CCCN1C(=O)[C@H](C)CC(=O)[C@H](O)Cc1ccc(O)c(O)c1. The molecule has 1 aromatic carbocycles. The Morgan fingerprint density at radius 3 is 2.61 bits per heavy atom.